The fraction of sp³-hybridized carbons (Fsp3) is 0.929. The van der Waals surface area contributed by atoms with Crippen molar-refractivity contribution in [2.24, 2.45) is 23.7 Å². The van der Waals surface area contributed by atoms with Gasteiger partial charge in [0.2, 0.25) is 4.93 Å². The highest BCUT2D eigenvalue weighted by Gasteiger charge is 2.54. The number of carboxylic acid groups (broad SMARTS) is 1. The van der Waals surface area contributed by atoms with E-state index in [2.05, 4.69) is 20.8 Å². The average molecular weight is 272 g/mol. The summed E-state index contributed by atoms with van der Waals surface area (Å²) in [6, 6.07) is 0. The van der Waals surface area contributed by atoms with Gasteiger partial charge in [0, 0.05) is 11.7 Å². The molecule has 0 bridgehead atoms. The summed E-state index contributed by atoms with van der Waals surface area (Å²) in [6.45, 7) is 7.23. The number of hydrogen-bond acceptors (Lipinski definition) is 3. The summed E-state index contributed by atoms with van der Waals surface area (Å²) in [5.74, 6) is 1.82. The molecule has 1 aliphatic heterocycles. The Kier molecular flexibility index (Phi) is 4.27. The second-order valence-electron chi connectivity index (χ2n) is 6.10. The summed E-state index contributed by atoms with van der Waals surface area (Å²) >= 11 is 1.51. The summed E-state index contributed by atoms with van der Waals surface area (Å²) in [4.78, 5) is 10.8. The SMILES string of the molecule is CC(C)C1CC[C@@H](C)CC1[C@@]1(C(=O)O)OCCS1. The van der Waals surface area contributed by atoms with Gasteiger partial charge >= 0.3 is 5.97 Å². The molecule has 1 N–H and O–H groups in total. The Balaban J connectivity index is 2.27. The Labute approximate surface area is 114 Å². The maximum atomic E-state index is 11.8. The smallest absolute Gasteiger partial charge is 0.346 e. The third-order valence-electron chi connectivity index (χ3n) is 4.52. The molecule has 4 atom stereocenters. The first kappa shape index (κ1) is 14.2. The molecule has 0 aromatic heterocycles. The van der Waals surface area contributed by atoms with E-state index >= 15 is 0 Å². The topological polar surface area (TPSA) is 46.5 Å². The summed E-state index contributed by atoms with van der Waals surface area (Å²) < 4.78 is 5.73. The lowest BCUT2D eigenvalue weighted by Crippen LogP contribution is -2.49. The van der Waals surface area contributed by atoms with Crippen molar-refractivity contribution in [3.8, 4) is 0 Å². The van der Waals surface area contributed by atoms with Crippen LogP contribution in [0.3, 0.4) is 0 Å². The second kappa shape index (κ2) is 5.41. The molecule has 18 heavy (non-hydrogen) atoms. The van der Waals surface area contributed by atoms with Crippen molar-refractivity contribution in [3.63, 3.8) is 0 Å². The predicted molar refractivity (Wildman–Crippen MR) is 73.6 cm³/mol. The molecular formula is C14H24O3S. The van der Waals surface area contributed by atoms with Crippen molar-refractivity contribution in [1.29, 1.82) is 0 Å². The lowest BCUT2D eigenvalue weighted by atomic mass is 9.67. The van der Waals surface area contributed by atoms with E-state index in [0.29, 0.717) is 24.4 Å². The van der Waals surface area contributed by atoms with Crippen molar-refractivity contribution in [2.75, 3.05) is 12.4 Å². The maximum Gasteiger partial charge on any atom is 0.346 e. The first-order valence-electron chi connectivity index (χ1n) is 6.98. The van der Waals surface area contributed by atoms with Crippen LogP contribution in [0.4, 0.5) is 0 Å². The Morgan fingerprint density at radius 1 is 1.44 bits per heavy atom. The quantitative estimate of drug-likeness (QED) is 0.856. The van der Waals surface area contributed by atoms with E-state index in [1.807, 2.05) is 0 Å². The number of hydrogen-bond donors (Lipinski definition) is 1. The van der Waals surface area contributed by atoms with Crippen LogP contribution in [0.15, 0.2) is 0 Å². The van der Waals surface area contributed by atoms with Gasteiger partial charge in [-0.05, 0) is 30.6 Å². The molecule has 0 amide bonds. The molecule has 0 spiro atoms. The standard InChI is InChI=1S/C14H24O3S/c1-9(2)11-5-4-10(3)8-12(11)14(13(15)16)17-6-7-18-14/h9-12H,4-8H2,1-3H3,(H,15,16)/t10-,11?,12?,14-/m1/s1. The van der Waals surface area contributed by atoms with E-state index in [4.69, 9.17) is 4.74 Å². The molecule has 1 aliphatic carbocycles. The van der Waals surface area contributed by atoms with Crippen LogP contribution in [0.2, 0.25) is 0 Å². The molecule has 2 aliphatic rings. The summed E-state index contributed by atoms with van der Waals surface area (Å²) in [5.41, 5.74) is 0. The number of aliphatic carboxylic acids is 1. The minimum absolute atomic E-state index is 0.159. The van der Waals surface area contributed by atoms with Gasteiger partial charge in [-0.1, -0.05) is 27.2 Å². The fourth-order valence-corrected chi connectivity index (χ4v) is 4.81. The zero-order chi connectivity index (χ0) is 13.3. The third kappa shape index (κ3) is 2.42. The second-order valence-corrected chi connectivity index (χ2v) is 7.41. The minimum atomic E-state index is -0.969. The van der Waals surface area contributed by atoms with Gasteiger partial charge in [0.05, 0.1) is 6.61 Å². The van der Waals surface area contributed by atoms with Crippen LogP contribution < -0.4 is 0 Å². The molecule has 0 radical (unpaired) electrons. The number of thioether (sulfide) groups is 1. The lowest BCUT2D eigenvalue weighted by Gasteiger charge is -2.44. The van der Waals surface area contributed by atoms with Crippen molar-refractivity contribution >= 4 is 17.7 Å². The van der Waals surface area contributed by atoms with Gasteiger partial charge in [-0.2, -0.15) is 0 Å². The predicted octanol–water partition coefficient (Wildman–Crippen LogP) is 3.24. The number of carboxylic acids is 1. The van der Waals surface area contributed by atoms with Crippen LogP contribution in [0, 0.1) is 23.7 Å². The molecule has 3 nitrogen and oxygen atoms in total. The summed E-state index contributed by atoms with van der Waals surface area (Å²) in [5, 5.41) is 9.66. The number of rotatable bonds is 3. The monoisotopic (exact) mass is 272 g/mol. The van der Waals surface area contributed by atoms with E-state index < -0.39 is 10.9 Å². The fourth-order valence-electron chi connectivity index (χ4n) is 3.56. The molecule has 2 unspecified atom stereocenters. The van der Waals surface area contributed by atoms with E-state index in [1.54, 1.807) is 0 Å². The molecule has 1 heterocycles. The molecule has 0 aromatic carbocycles. The molecule has 0 aromatic rings. The minimum Gasteiger partial charge on any atom is -0.478 e. The van der Waals surface area contributed by atoms with Gasteiger partial charge in [0.15, 0.2) is 0 Å². The van der Waals surface area contributed by atoms with Crippen LogP contribution >= 0.6 is 11.8 Å². The van der Waals surface area contributed by atoms with E-state index in [0.717, 1.165) is 18.6 Å². The average Bonchev–Trinajstić information content (AvgIpc) is 2.78. The normalized spacial score (nSPS) is 41.2. The van der Waals surface area contributed by atoms with E-state index in [9.17, 15) is 9.90 Å². The Bertz CT molecular complexity index is 310. The highest BCUT2D eigenvalue weighted by atomic mass is 32.2. The molecule has 1 saturated heterocycles. The number of carbonyl (C=O) groups is 1. The van der Waals surface area contributed by atoms with Crippen molar-refractivity contribution in [3.05, 3.63) is 0 Å². The summed E-state index contributed by atoms with van der Waals surface area (Å²) in [7, 11) is 0. The zero-order valence-electron chi connectivity index (χ0n) is 11.5. The first-order valence-corrected chi connectivity index (χ1v) is 7.97. The summed E-state index contributed by atoms with van der Waals surface area (Å²) in [6.07, 6.45) is 3.35. The Hall–Kier alpha value is -0.220. The van der Waals surface area contributed by atoms with Crippen LogP contribution in [0.1, 0.15) is 40.0 Å². The third-order valence-corrected chi connectivity index (χ3v) is 5.92. The largest absolute Gasteiger partial charge is 0.478 e. The molecule has 2 fully saturated rings. The van der Waals surface area contributed by atoms with Gasteiger partial charge in [-0.15, -0.1) is 11.8 Å². The van der Waals surface area contributed by atoms with Crippen LogP contribution in [0.25, 0.3) is 0 Å². The van der Waals surface area contributed by atoms with Gasteiger partial charge in [0.25, 0.3) is 0 Å². The van der Waals surface area contributed by atoms with Gasteiger partial charge in [-0.25, -0.2) is 4.79 Å². The lowest BCUT2D eigenvalue weighted by molar-refractivity contribution is -0.161. The van der Waals surface area contributed by atoms with Crippen LogP contribution in [-0.4, -0.2) is 28.4 Å². The van der Waals surface area contributed by atoms with Gasteiger partial charge in [-0.3, -0.25) is 0 Å². The number of ether oxygens (including phenoxy) is 1. The van der Waals surface area contributed by atoms with E-state index in [1.165, 1.54) is 18.2 Å². The highest BCUT2D eigenvalue weighted by molar-refractivity contribution is 8.01. The zero-order valence-corrected chi connectivity index (χ0v) is 12.3. The van der Waals surface area contributed by atoms with Crippen molar-refractivity contribution < 1.29 is 14.6 Å². The van der Waals surface area contributed by atoms with Crippen LogP contribution in [0.5, 0.6) is 0 Å². The van der Waals surface area contributed by atoms with Crippen molar-refractivity contribution in [1.82, 2.24) is 0 Å². The molecule has 104 valence electrons. The van der Waals surface area contributed by atoms with Crippen molar-refractivity contribution in [2.45, 2.75) is 45.0 Å². The van der Waals surface area contributed by atoms with Crippen LogP contribution in [-0.2, 0) is 9.53 Å². The molecule has 1 saturated carbocycles. The first-order chi connectivity index (χ1) is 8.47. The molecule has 4 heteroatoms. The molecular weight excluding hydrogens is 248 g/mol. The molecule has 2 rings (SSSR count). The highest BCUT2D eigenvalue weighted by Crippen LogP contribution is 2.51. The van der Waals surface area contributed by atoms with Gasteiger partial charge < -0.3 is 9.84 Å². The Morgan fingerprint density at radius 2 is 2.17 bits per heavy atom. The van der Waals surface area contributed by atoms with E-state index in [-0.39, 0.29) is 5.92 Å². The maximum absolute atomic E-state index is 11.8. The Morgan fingerprint density at radius 3 is 2.67 bits per heavy atom. The van der Waals surface area contributed by atoms with Gasteiger partial charge in [0.1, 0.15) is 0 Å².